The van der Waals surface area contributed by atoms with Crippen molar-refractivity contribution in [2.75, 3.05) is 6.61 Å². The summed E-state index contributed by atoms with van der Waals surface area (Å²) in [4.78, 5) is 0.202. The molecule has 232 valence electrons. The predicted molar refractivity (Wildman–Crippen MR) is 170 cm³/mol. The molecule has 0 amide bonds. The fourth-order valence-electron chi connectivity index (χ4n) is 5.37. The maximum Gasteiger partial charge on any atom is 0.245 e. The lowest BCUT2D eigenvalue weighted by Gasteiger charge is -2.34. The van der Waals surface area contributed by atoms with Crippen LogP contribution in [0.5, 0.6) is 0 Å². The Balaban J connectivity index is 1.47. The van der Waals surface area contributed by atoms with Gasteiger partial charge in [0.05, 0.1) is 31.3 Å². The van der Waals surface area contributed by atoms with E-state index in [0.717, 1.165) is 22.3 Å². The molecule has 5 rings (SSSR count). The first-order valence-electron chi connectivity index (χ1n) is 15.0. The second-order valence-corrected chi connectivity index (χ2v) is 13.2. The van der Waals surface area contributed by atoms with Crippen molar-refractivity contribution in [1.29, 1.82) is 0 Å². The summed E-state index contributed by atoms with van der Waals surface area (Å²) in [6, 6.07) is 36.1. The van der Waals surface area contributed by atoms with E-state index in [1.807, 2.05) is 112 Å². The molecule has 7 nitrogen and oxygen atoms in total. The van der Waals surface area contributed by atoms with Crippen LogP contribution in [0, 0.1) is 6.92 Å². The second-order valence-electron chi connectivity index (χ2n) is 11.3. The Kier molecular flexibility index (Phi) is 11.0. The highest BCUT2D eigenvalue weighted by Gasteiger charge is 2.52. The van der Waals surface area contributed by atoms with E-state index in [0.29, 0.717) is 13.2 Å². The van der Waals surface area contributed by atoms with Crippen LogP contribution in [0.4, 0.5) is 0 Å². The van der Waals surface area contributed by atoms with E-state index in [9.17, 15) is 8.42 Å². The molecule has 0 aromatic heterocycles. The van der Waals surface area contributed by atoms with Crippen molar-refractivity contribution in [3.63, 3.8) is 0 Å². The molecule has 0 spiro atoms. The molecule has 1 aliphatic heterocycles. The van der Waals surface area contributed by atoms with Gasteiger partial charge >= 0.3 is 0 Å². The van der Waals surface area contributed by atoms with Gasteiger partial charge in [0.2, 0.25) is 10.0 Å². The van der Waals surface area contributed by atoms with Crippen molar-refractivity contribution in [3.05, 3.63) is 138 Å². The fraction of sp³-hybridized carbons (Fsp3) is 0.333. The molecule has 0 aliphatic carbocycles. The zero-order valence-corrected chi connectivity index (χ0v) is 26.3. The van der Waals surface area contributed by atoms with Gasteiger partial charge in [-0.25, -0.2) is 8.42 Å². The molecule has 0 unspecified atom stereocenters. The number of aryl methyl sites for hydroxylation is 1. The summed E-state index contributed by atoms with van der Waals surface area (Å²) in [7, 11) is -3.96. The van der Waals surface area contributed by atoms with Gasteiger partial charge in [-0.15, -0.1) is 0 Å². The van der Waals surface area contributed by atoms with Crippen molar-refractivity contribution in [3.8, 4) is 0 Å². The lowest BCUT2D eigenvalue weighted by Crippen LogP contribution is -2.51. The van der Waals surface area contributed by atoms with Gasteiger partial charge in [-0.3, -0.25) is 0 Å². The zero-order chi connectivity index (χ0) is 30.9. The summed E-state index contributed by atoms with van der Waals surface area (Å²) in [5.41, 5.74) is 3.97. The Bertz CT molecular complexity index is 1530. The Hall–Kier alpha value is -3.37. The summed E-state index contributed by atoms with van der Waals surface area (Å²) in [5, 5.41) is 0. The van der Waals surface area contributed by atoms with Crippen LogP contribution in [0.25, 0.3) is 0 Å². The van der Waals surface area contributed by atoms with Gasteiger partial charge in [0.15, 0.2) is 6.23 Å². The number of nitrogens with zero attached hydrogens (tertiary/aromatic N) is 1. The van der Waals surface area contributed by atoms with Gasteiger partial charge in [0.25, 0.3) is 0 Å². The van der Waals surface area contributed by atoms with E-state index in [2.05, 4.69) is 0 Å². The minimum absolute atomic E-state index is 0.201. The maximum absolute atomic E-state index is 14.2. The Morgan fingerprint density at radius 3 is 1.66 bits per heavy atom. The Labute approximate surface area is 261 Å². The van der Waals surface area contributed by atoms with Crippen LogP contribution in [-0.4, -0.2) is 49.9 Å². The lowest BCUT2D eigenvalue weighted by atomic mass is 10.1. The molecule has 44 heavy (non-hydrogen) atoms. The highest BCUT2D eigenvalue weighted by Crippen LogP contribution is 2.35. The van der Waals surface area contributed by atoms with Gasteiger partial charge in [-0.1, -0.05) is 109 Å². The average Bonchev–Trinajstić information content (AvgIpc) is 3.36. The smallest absolute Gasteiger partial charge is 0.245 e. The van der Waals surface area contributed by atoms with E-state index >= 15 is 0 Å². The van der Waals surface area contributed by atoms with Crippen molar-refractivity contribution in [2.45, 2.75) is 76.1 Å². The van der Waals surface area contributed by atoms with Gasteiger partial charge in [0.1, 0.15) is 18.3 Å². The summed E-state index contributed by atoms with van der Waals surface area (Å²) in [5.74, 6) is 0. The van der Waals surface area contributed by atoms with Crippen molar-refractivity contribution < 1.29 is 27.4 Å². The van der Waals surface area contributed by atoms with Gasteiger partial charge < -0.3 is 18.9 Å². The van der Waals surface area contributed by atoms with E-state index < -0.39 is 40.6 Å². The molecule has 1 heterocycles. The van der Waals surface area contributed by atoms with Crippen LogP contribution >= 0.6 is 0 Å². The van der Waals surface area contributed by atoms with Gasteiger partial charge in [-0.2, -0.15) is 4.31 Å². The molecule has 1 aliphatic rings. The number of benzene rings is 4. The number of hydrogen-bond acceptors (Lipinski definition) is 6. The fourth-order valence-corrected chi connectivity index (χ4v) is 7.09. The van der Waals surface area contributed by atoms with Crippen LogP contribution in [0.3, 0.4) is 0 Å². The van der Waals surface area contributed by atoms with Crippen LogP contribution < -0.4 is 0 Å². The van der Waals surface area contributed by atoms with Crippen molar-refractivity contribution in [1.82, 2.24) is 4.31 Å². The topological polar surface area (TPSA) is 74.3 Å². The first-order valence-corrected chi connectivity index (χ1v) is 16.5. The molecule has 1 fully saturated rings. The van der Waals surface area contributed by atoms with Crippen LogP contribution in [-0.2, 0) is 48.8 Å². The van der Waals surface area contributed by atoms with E-state index in [1.54, 1.807) is 24.3 Å². The highest BCUT2D eigenvalue weighted by atomic mass is 32.2. The third-order valence-electron chi connectivity index (χ3n) is 7.61. The largest absolute Gasteiger partial charge is 0.374 e. The van der Waals surface area contributed by atoms with Crippen molar-refractivity contribution in [2.24, 2.45) is 0 Å². The first-order chi connectivity index (χ1) is 21.3. The molecule has 1 saturated heterocycles. The molecule has 0 N–H and O–H groups in total. The summed E-state index contributed by atoms with van der Waals surface area (Å²) < 4.78 is 55.7. The molecule has 4 aromatic rings. The summed E-state index contributed by atoms with van der Waals surface area (Å²) in [6.45, 7) is 6.80. The van der Waals surface area contributed by atoms with E-state index in [-0.39, 0.29) is 18.1 Å². The molecule has 0 bridgehead atoms. The molecular formula is C36H41NO6S. The Morgan fingerprint density at radius 1 is 0.682 bits per heavy atom. The molecule has 4 aromatic carbocycles. The minimum Gasteiger partial charge on any atom is -0.374 e. The Morgan fingerprint density at radius 2 is 1.16 bits per heavy atom. The molecule has 4 atom stereocenters. The SMILES string of the molecule is Cc1ccc(S(=O)(=O)N(C(C)C)[C@@H]2O[C@H](COCc3ccccc3)[C@@H](OCc3ccccc3)[C@H]2OCc2ccccc2)cc1. The van der Waals surface area contributed by atoms with Crippen LogP contribution in [0.1, 0.15) is 36.1 Å². The van der Waals surface area contributed by atoms with Crippen LogP contribution in [0.2, 0.25) is 0 Å². The van der Waals surface area contributed by atoms with E-state index in [4.69, 9.17) is 18.9 Å². The zero-order valence-electron chi connectivity index (χ0n) is 25.5. The summed E-state index contributed by atoms with van der Waals surface area (Å²) >= 11 is 0. The van der Waals surface area contributed by atoms with Gasteiger partial charge in [-0.05, 0) is 49.6 Å². The number of ether oxygens (including phenoxy) is 4. The standard InChI is InChI=1S/C36H41NO6S/c1-27(2)37(44(38,39)32-21-19-28(3)20-22-32)36-35(42-25-31-17-11-6-12-18-31)34(41-24-30-15-9-5-10-16-30)33(43-36)26-40-23-29-13-7-4-8-14-29/h4-22,27,33-36H,23-26H2,1-3H3/t33-,34-,35-,36-/m1/s1. The molecule has 8 heteroatoms. The third-order valence-corrected chi connectivity index (χ3v) is 9.66. The first kappa shape index (κ1) is 32.0. The normalized spacial score (nSPS) is 20.4. The predicted octanol–water partition coefficient (Wildman–Crippen LogP) is 6.51. The van der Waals surface area contributed by atoms with Gasteiger partial charge in [0, 0.05) is 6.04 Å². The second kappa shape index (κ2) is 15.1. The molecular weight excluding hydrogens is 574 g/mol. The minimum atomic E-state index is -3.96. The number of rotatable bonds is 14. The number of sulfonamides is 1. The lowest BCUT2D eigenvalue weighted by molar-refractivity contribution is -0.102. The highest BCUT2D eigenvalue weighted by molar-refractivity contribution is 7.89. The molecule has 0 radical (unpaired) electrons. The third kappa shape index (κ3) is 8.01. The maximum atomic E-state index is 14.2. The van der Waals surface area contributed by atoms with Crippen molar-refractivity contribution >= 4 is 10.0 Å². The quantitative estimate of drug-likeness (QED) is 0.161. The average molecular weight is 616 g/mol. The summed E-state index contributed by atoms with van der Waals surface area (Å²) in [6.07, 6.45) is -2.86. The number of hydrogen-bond donors (Lipinski definition) is 0. The van der Waals surface area contributed by atoms with Crippen LogP contribution in [0.15, 0.2) is 120 Å². The monoisotopic (exact) mass is 615 g/mol. The van der Waals surface area contributed by atoms with E-state index in [1.165, 1.54) is 4.31 Å². The molecule has 0 saturated carbocycles.